The molecule has 0 aliphatic heterocycles. The number of rotatable bonds is 9. The number of hydrogen-bond donors (Lipinski definition) is 2. The zero-order valence-electron chi connectivity index (χ0n) is 10.8. The van der Waals surface area contributed by atoms with Crippen molar-refractivity contribution in [3.8, 4) is 0 Å². The average molecular weight is 230 g/mol. The predicted octanol–water partition coefficient (Wildman–Crippen LogP) is 0.853. The predicted molar refractivity (Wildman–Crippen MR) is 66.3 cm³/mol. The second-order valence-corrected chi connectivity index (χ2v) is 4.55. The van der Waals surface area contributed by atoms with E-state index in [0.717, 1.165) is 25.9 Å². The number of hydrogen-bond acceptors (Lipinski definition) is 3. The van der Waals surface area contributed by atoms with Gasteiger partial charge in [0.15, 0.2) is 0 Å². The summed E-state index contributed by atoms with van der Waals surface area (Å²) in [6, 6.07) is 0. The highest BCUT2D eigenvalue weighted by molar-refractivity contribution is 5.77. The van der Waals surface area contributed by atoms with Gasteiger partial charge in [0.2, 0.25) is 5.91 Å². The lowest BCUT2D eigenvalue weighted by Gasteiger charge is -2.20. The first-order valence-corrected chi connectivity index (χ1v) is 6.20. The highest BCUT2D eigenvalue weighted by Crippen LogP contribution is 1.95. The van der Waals surface area contributed by atoms with Crippen molar-refractivity contribution in [3.63, 3.8) is 0 Å². The molecule has 0 unspecified atom stereocenters. The number of amides is 1. The molecule has 0 aromatic heterocycles. The van der Waals surface area contributed by atoms with Crippen LogP contribution in [0.5, 0.6) is 0 Å². The summed E-state index contributed by atoms with van der Waals surface area (Å²) in [5, 5.41) is 11.8. The highest BCUT2D eigenvalue weighted by atomic mass is 16.3. The van der Waals surface area contributed by atoms with Crippen LogP contribution < -0.4 is 5.32 Å². The topological polar surface area (TPSA) is 52.6 Å². The van der Waals surface area contributed by atoms with E-state index in [9.17, 15) is 4.79 Å². The maximum Gasteiger partial charge on any atom is 0.234 e. The Hall–Kier alpha value is -0.610. The largest absolute Gasteiger partial charge is 0.395 e. The molecule has 0 saturated carbocycles. The van der Waals surface area contributed by atoms with Crippen LogP contribution in [0.2, 0.25) is 0 Å². The van der Waals surface area contributed by atoms with E-state index >= 15 is 0 Å². The van der Waals surface area contributed by atoms with E-state index in [2.05, 4.69) is 26.1 Å². The SMILES string of the molecule is CCCCN(CCO)CC(=O)NCC(C)C. The fraction of sp³-hybridized carbons (Fsp3) is 0.917. The van der Waals surface area contributed by atoms with E-state index in [0.29, 0.717) is 19.0 Å². The Balaban J connectivity index is 3.82. The molecule has 0 aliphatic rings. The summed E-state index contributed by atoms with van der Waals surface area (Å²) in [5.41, 5.74) is 0. The molecule has 1 amide bonds. The quantitative estimate of drug-likeness (QED) is 0.617. The van der Waals surface area contributed by atoms with E-state index in [1.165, 1.54) is 0 Å². The Morgan fingerprint density at radius 1 is 1.38 bits per heavy atom. The standard InChI is InChI=1S/C12H26N2O2/c1-4-5-6-14(7-8-15)10-12(16)13-9-11(2)3/h11,15H,4-10H2,1-3H3,(H,13,16). The van der Waals surface area contributed by atoms with Crippen LogP contribution in [0.15, 0.2) is 0 Å². The van der Waals surface area contributed by atoms with Crippen LogP contribution in [0.1, 0.15) is 33.6 Å². The highest BCUT2D eigenvalue weighted by Gasteiger charge is 2.09. The van der Waals surface area contributed by atoms with E-state index in [1.54, 1.807) is 0 Å². The van der Waals surface area contributed by atoms with E-state index in [4.69, 9.17) is 5.11 Å². The normalized spacial score (nSPS) is 11.1. The van der Waals surface area contributed by atoms with E-state index in [1.807, 2.05) is 4.90 Å². The Bertz CT molecular complexity index is 184. The van der Waals surface area contributed by atoms with Gasteiger partial charge in [-0.05, 0) is 18.9 Å². The van der Waals surface area contributed by atoms with Gasteiger partial charge in [0, 0.05) is 13.1 Å². The maximum atomic E-state index is 11.6. The molecule has 0 bridgehead atoms. The van der Waals surface area contributed by atoms with Crippen molar-refractivity contribution < 1.29 is 9.90 Å². The summed E-state index contributed by atoms with van der Waals surface area (Å²) >= 11 is 0. The lowest BCUT2D eigenvalue weighted by molar-refractivity contribution is -0.122. The van der Waals surface area contributed by atoms with E-state index < -0.39 is 0 Å². The molecule has 0 heterocycles. The Morgan fingerprint density at radius 2 is 2.06 bits per heavy atom. The van der Waals surface area contributed by atoms with Crippen molar-refractivity contribution in [1.29, 1.82) is 0 Å². The molecule has 0 radical (unpaired) electrons. The molecular formula is C12H26N2O2. The van der Waals surface area contributed by atoms with Gasteiger partial charge in [0.25, 0.3) is 0 Å². The summed E-state index contributed by atoms with van der Waals surface area (Å²) in [6.07, 6.45) is 2.17. The zero-order valence-corrected chi connectivity index (χ0v) is 10.8. The van der Waals surface area contributed by atoms with Crippen LogP contribution in [0.4, 0.5) is 0 Å². The van der Waals surface area contributed by atoms with Gasteiger partial charge in [0.1, 0.15) is 0 Å². The monoisotopic (exact) mass is 230 g/mol. The van der Waals surface area contributed by atoms with Gasteiger partial charge in [-0.2, -0.15) is 0 Å². The number of aliphatic hydroxyl groups is 1. The van der Waals surface area contributed by atoms with Crippen molar-refractivity contribution in [2.45, 2.75) is 33.6 Å². The number of nitrogens with one attached hydrogen (secondary N) is 1. The van der Waals surface area contributed by atoms with Gasteiger partial charge in [-0.15, -0.1) is 0 Å². The van der Waals surface area contributed by atoms with Crippen LogP contribution in [-0.2, 0) is 4.79 Å². The van der Waals surface area contributed by atoms with Gasteiger partial charge in [-0.1, -0.05) is 27.2 Å². The molecule has 4 nitrogen and oxygen atoms in total. The molecule has 0 fully saturated rings. The summed E-state index contributed by atoms with van der Waals surface area (Å²) in [5.74, 6) is 0.532. The Morgan fingerprint density at radius 3 is 2.56 bits per heavy atom. The van der Waals surface area contributed by atoms with Crippen molar-refractivity contribution >= 4 is 5.91 Å². The second kappa shape index (κ2) is 9.60. The Labute approximate surface area is 99.0 Å². The van der Waals surface area contributed by atoms with Crippen molar-refractivity contribution in [1.82, 2.24) is 10.2 Å². The number of nitrogens with zero attached hydrogens (tertiary/aromatic N) is 1. The molecule has 0 aromatic rings. The third-order valence-electron chi connectivity index (χ3n) is 2.32. The first-order valence-electron chi connectivity index (χ1n) is 6.20. The van der Waals surface area contributed by atoms with Gasteiger partial charge >= 0.3 is 0 Å². The molecule has 96 valence electrons. The Kier molecular flexibility index (Phi) is 9.24. The molecule has 4 heteroatoms. The molecule has 0 spiro atoms. The molecule has 0 saturated heterocycles. The summed E-state index contributed by atoms with van der Waals surface area (Å²) < 4.78 is 0. The lowest BCUT2D eigenvalue weighted by atomic mass is 10.2. The minimum Gasteiger partial charge on any atom is -0.395 e. The van der Waals surface area contributed by atoms with Gasteiger partial charge in [-0.25, -0.2) is 0 Å². The maximum absolute atomic E-state index is 11.6. The zero-order chi connectivity index (χ0) is 12.4. The number of carbonyl (C=O) groups is 1. The van der Waals surface area contributed by atoms with Crippen molar-refractivity contribution in [3.05, 3.63) is 0 Å². The van der Waals surface area contributed by atoms with Crippen molar-refractivity contribution in [2.75, 3.05) is 32.8 Å². The minimum absolute atomic E-state index is 0.0539. The molecule has 2 N–H and O–H groups in total. The van der Waals surface area contributed by atoms with Gasteiger partial charge in [-0.3, -0.25) is 9.69 Å². The summed E-state index contributed by atoms with van der Waals surface area (Å²) in [4.78, 5) is 13.6. The molecule has 16 heavy (non-hydrogen) atoms. The van der Waals surface area contributed by atoms with Gasteiger partial charge in [0.05, 0.1) is 13.2 Å². The van der Waals surface area contributed by atoms with Crippen LogP contribution >= 0.6 is 0 Å². The molecule has 0 aromatic carbocycles. The second-order valence-electron chi connectivity index (χ2n) is 4.55. The third-order valence-corrected chi connectivity index (χ3v) is 2.32. The average Bonchev–Trinajstić information content (AvgIpc) is 2.23. The molecule has 0 aliphatic carbocycles. The molecule has 0 rings (SSSR count). The van der Waals surface area contributed by atoms with Crippen LogP contribution in [-0.4, -0.2) is 48.7 Å². The minimum atomic E-state index is 0.0539. The van der Waals surface area contributed by atoms with Crippen molar-refractivity contribution in [2.24, 2.45) is 5.92 Å². The van der Waals surface area contributed by atoms with Crippen LogP contribution in [0.25, 0.3) is 0 Å². The summed E-state index contributed by atoms with van der Waals surface area (Å²) in [7, 11) is 0. The summed E-state index contributed by atoms with van der Waals surface area (Å²) in [6.45, 7) is 8.96. The fourth-order valence-electron chi connectivity index (χ4n) is 1.37. The third kappa shape index (κ3) is 8.68. The fourth-order valence-corrected chi connectivity index (χ4v) is 1.37. The first kappa shape index (κ1) is 15.4. The lowest BCUT2D eigenvalue weighted by Crippen LogP contribution is -2.40. The van der Waals surface area contributed by atoms with Gasteiger partial charge < -0.3 is 10.4 Å². The number of unbranched alkanes of at least 4 members (excludes halogenated alkanes) is 1. The molecule has 0 atom stereocenters. The number of aliphatic hydroxyl groups excluding tert-OH is 1. The first-order chi connectivity index (χ1) is 7.60. The van der Waals surface area contributed by atoms with Crippen LogP contribution in [0, 0.1) is 5.92 Å². The van der Waals surface area contributed by atoms with Crippen LogP contribution in [0.3, 0.4) is 0 Å². The smallest absolute Gasteiger partial charge is 0.234 e. The van der Waals surface area contributed by atoms with E-state index in [-0.39, 0.29) is 12.5 Å². The molecular weight excluding hydrogens is 204 g/mol. The number of carbonyl (C=O) groups excluding carboxylic acids is 1.